The summed E-state index contributed by atoms with van der Waals surface area (Å²) in [7, 11) is 0. The Balaban J connectivity index is 0.865. The lowest BCUT2D eigenvalue weighted by atomic mass is 9.90. The molecule has 13 aromatic rings. The normalized spacial score (nSPS) is 12.2. The maximum absolute atomic E-state index is 14.3. The molecule has 0 amide bonds. The Kier molecular flexibility index (Phi) is 8.20. The van der Waals surface area contributed by atoms with Gasteiger partial charge in [-0.3, -0.25) is 4.79 Å². The molecule has 0 spiro atoms. The Morgan fingerprint density at radius 1 is 0.284 bits per heavy atom. The van der Waals surface area contributed by atoms with Crippen molar-refractivity contribution in [1.82, 2.24) is 9.13 Å². The topological polar surface area (TPSA) is 26.9 Å². The lowest BCUT2D eigenvalue weighted by molar-refractivity contribution is 1.18. The van der Waals surface area contributed by atoms with Crippen molar-refractivity contribution >= 4 is 65.2 Å². The number of hydrogen-bond donors (Lipinski definition) is 0. The molecule has 14 rings (SSSR count). The van der Waals surface area contributed by atoms with Crippen LogP contribution < -0.4 is 5.43 Å². The number of hydrogen-bond acceptors (Lipinski definition) is 1. The summed E-state index contributed by atoms with van der Waals surface area (Å²) in [5.41, 5.74) is 18.4. The van der Waals surface area contributed by atoms with Crippen molar-refractivity contribution in [3.05, 3.63) is 252 Å². The highest BCUT2D eigenvalue weighted by molar-refractivity contribution is 6.18. The van der Waals surface area contributed by atoms with Crippen LogP contribution in [0.2, 0.25) is 0 Å². The number of aromatic nitrogens is 2. The lowest BCUT2D eigenvalue weighted by Gasteiger charge is -2.14. The first-order valence-corrected chi connectivity index (χ1v) is 23.1. The van der Waals surface area contributed by atoms with Gasteiger partial charge < -0.3 is 9.13 Å². The zero-order chi connectivity index (χ0) is 44.2. The van der Waals surface area contributed by atoms with Gasteiger partial charge in [-0.1, -0.05) is 152 Å². The Morgan fingerprint density at radius 3 is 1.69 bits per heavy atom. The molecular weight excluding hydrogens is 813 g/mol. The van der Waals surface area contributed by atoms with Gasteiger partial charge in [-0.25, -0.2) is 0 Å². The molecule has 312 valence electrons. The van der Waals surface area contributed by atoms with Crippen LogP contribution in [0.5, 0.6) is 0 Å². The van der Waals surface area contributed by atoms with E-state index in [2.05, 4.69) is 228 Å². The molecule has 3 heteroatoms. The second-order valence-corrected chi connectivity index (χ2v) is 18.0. The summed E-state index contributed by atoms with van der Waals surface area (Å²) in [5, 5.41) is 8.94. The van der Waals surface area contributed by atoms with Crippen LogP contribution in [0.15, 0.2) is 235 Å². The van der Waals surface area contributed by atoms with E-state index in [-0.39, 0.29) is 5.43 Å². The number of benzene rings is 10. The fourth-order valence-corrected chi connectivity index (χ4v) is 11.2. The maximum Gasteiger partial charge on any atom is 0.189 e. The van der Waals surface area contributed by atoms with Crippen LogP contribution in [0.4, 0.5) is 0 Å². The third-order valence-electron chi connectivity index (χ3n) is 14.3. The molecule has 0 fully saturated rings. The molecule has 2 heterocycles. The van der Waals surface area contributed by atoms with Crippen molar-refractivity contribution in [2.24, 2.45) is 0 Å². The van der Waals surface area contributed by atoms with Crippen LogP contribution in [-0.4, -0.2) is 9.13 Å². The third-order valence-corrected chi connectivity index (χ3v) is 14.3. The Morgan fingerprint density at radius 2 is 0.851 bits per heavy atom. The highest BCUT2D eigenvalue weighted by atomic mass is 16.1. The van der Waals surface area contributed by atoms with Gasteiger partial charge in [-0.15, -0.1) is 0 Å². The molecule has 0 N–H and O–H groups in total. The molecule has 1 aliphatic carbocycles. The van der Waals surface area contributed by atoms with E-state index in [9.17, 15) is 4.79 Å². The van der Waals surface area contributed by atoms with Gasteiger partial charge >= 0.3 is 0 Å². The van der Waals surface area contributed by atoms with Gasteiger partial charge in [0, 0.05) is 50.3 Å². The minimum absolute atomic E-state index is 0.107. The maximum atomic E-state index is 14.3. The molecule has 0 aliphatic heterocycles. The van der Waals surface area contributed by atoms with Gasteiger partial charge in [0.25, 0.3) is 0 Å². The Labute approximate surface area is 386 Å². The van der Waals surface area contributed by atoms with Gasteiger partial charge in [0.1, 0.15) is 0 Å². The quantitative estimate of drug-likeness (QED) is 0.169. The fraction of sp³-hybridized carbons (Fsp3) is 0.0156. The summed E-state index contributed by atoms with van der Waals surface area (Å²) < 4.78 is 4.79. The van der Waals surface area contributed by atoms with Crippen molar-refractivity contribution in [3.63, 3.8) is 0 Å². The predicted molar refractivity (Wildman–Crippen MR) is 281 cm³/mol. The molecule has 0 saturated carbocycles. The van der Waals surface area contributed by atoms with Crippen molar-refractivity contribution in [2.45, 2.75) is 6.42 Å². The highest BCUT2D eigenvalue weighted by Crippen LogP contribution is 2.43. The molecule has 0 saturated heterocycles. The van der Waals surface area contributed by atoms with Crippen LogP contribution in [0.3, 0.4) is 0 Å². The molecule has 2 bridgehead atoms. The first-order chi connectivity index (χ1) is 33.1. The molecule has 0 unspecified atom stereocenters. The Hall–Kier alpha value is -8.79. The van der Waals surface area contributed by atoms with Gasteiger partial charge in [0.05, 0.1) is 22.1 Å². The Bertz CT molecular complexity index is 4240. The zero-order valence-electron chi connectivity index (χ0n) is 36.4. The number of nitrogens with zero attached hydrogens (tertiary/aromatic N) is 2. The minimum Gasteiger partial charge on any atom is -0.309 e. The summed E-state index contributed by atoms with van der Waals surface area (Å²) in [5.74, 6) is 0. The van der Waals surface area contributed by atoms with Gasteiger partial charge in [0.2, 0.25) is 0 Å². The smallest absolute Gasteiger partial charge is 0.189 e. The zero-order valence-corrected chi connectivity index (χ0v) is 36.4. The van der Waals surface area contributed by atoms with Gasteiger partial charge in [-0.05, 0) is 145 Å². The molecular formula is C64H40N2O. The average molecular weight is 853 g/mol. The van der Waals surface area contributed by atoms with Crippen LogP contribution in [0, 0.1) is 0 Å². The second kappa shape index (κ2) is 14.6. The fourth-order valence-electron chi connectivity index (χ4n) is 11.2. The van der Waals surface area contributed by atoms with Gasteiger partial charge in [-0.2, -0.15) is 0 Å². The monoisotopic (exact) mass is 852 g/mol. The van der Waals surface area contributed by atoms with E-state index in [1.54, 1.807) is 0 Å². The molecule has 0 radical (unpaired) electrons. The van der Waals surface area contributed by atoms with Crippen LogP contribution >= 0.6 is 0 Å². The lowest BCUT2D eigenvalue weighted by Crippen LogP contribution is -2.07. The van der Waals surface area contributed by atoms with E-state index in [0.717, 1.165) is 66.3 Å². The predicted octanol–water partition coefficient (Wildman–Crippen LogP) is 16.1. The molecule has 11 aromatic carbocycles. The SMILES string of the molecule is O=c1c2cc3c(cccc3c3cc(-c4ccccc4)ccc13)-c1cc(-c3ccc(-n4c5ccccc5c5cc(-c6cccc7c6c6ccccc6n7-c6ccccc6)ccc54)cc3)ccc1C2. The minimum atomic E-state index is 0.107. The summed E-state index contributed by atoms with van der Waals surface area (Å²) >= 11 is 0. The standard InChI is InChI=1S/C64H40N2O/c67-64-46-35-44-26-25-42(36-55(44)50-20-11-21-51(56(50)39-46)57-37-43(29-33-53(57)64)40-13-3-1-4-14-40)41-27-31-48(32-28-41)65-59-22-9-7-17-52(59)58-38-45(30-34-61(58)65)49-19-12-24-62-63(49)54-18-8-10-23-60(54)66(62)47-15-5-2-6-16-47/h1-34,36-39H,35H2. The first-order valence-electron chi connectivity index (χ1n) is 23.1. The van der Waals surface area contributed by atoms with E-state index < -0.39 is 0 Å². The third kappa shape index (κ3) is 5.75. The summed E-state index contributed by atoms with van der Waals surface area (Å²) in [6.07, 6.45) is 0.586. The highest BCUT2D eigenvalue weighted by Gasteiger charge is 2.21. The molecule has 0 atom stereocenters. The van der Waals surface area contributed by atoms with Crippen LogP contribution in [-0.2, 0) is 6.42 Å². The summed E-state index contributed by atoms with van der Waals surface area (Å²) in [4.78, 5) is 14.3. The number of fused-ring (bicyclic) bond motifs is 11. The van der Waals surface area contributed by atoms with E-state index in [1.165, 1.54) is 65.9 Å². The summed E-state index contributed by atoms with van der Waals surface area (Å²) in [6, 6.07) is 83.1. The number of para-hydroxylation sites is 3. The van der Waals surface area contributed by atoms with E-state index in [0.29, 0.717) is 6.42 Å². The van der Waals surface area contributed by atoms with E-state index in [1.807, 2.05) is 12.1 Å². The second-order valence-electron chi connectivity index (χ2n) is 18.0. The largest absolute Gasteiger partial charge is 0.309 e. The molecule has 67 heavy (non-hydrogen) atoms. The van der Waals surface area contributed by atoms with Crippen LogP contribution in [0.25, 0.3) is 121 Å². The van der Waals surface area contributed by atoms with Crippen molar-refractivity contribution < 1.29 is 0 Å². The average Bonchev–Trinajstić information content (AvgIpc) is 3.81. The summed E-state index contributed by atoms with van der Waals surface area (Å²) in [6.45, 7) is 0. The molecule has 3 nitrogen and oxygen atoms in total. The van der Waals surface area contributed by atoms with Crippen molar-refractivity contribution in [3.8, 4) is 55.9 Å². The van der Waals surface area contributed by atoms with Gasteiger partial charge in [0.15, 0.2) is 5.43 Å². The van der Waals surface area contributed by atoms with Crippen molar-refractivity contribution in [1.29, 1.82) is 0 Å². The van der Waals surface area contributed by atoms with Crippen molar-refractivity contribution in [2.75, 3.05) is 0 Å². The van der Waals surface area contributed by atoms with E-state index in [4.69, 9.17) is 0 Å². The molecule has 2 aromatic heterocycles. The van der Waals surface area contributed by atoms with E-state index >= 15 is 0 Å². The molecule has 1 aliphatic rings. The first kappa shape index (κ1) is 37.6. The number of rotatable bonds is 5. The van der Waals surface area contributed by atoms with Crippen LogP contribution in [0.1, 0.15) is 11.1 Å².